The molecule has 1 amide bonds. The molecule has 10 heteroatoms. The first-order valence-electron chi connectivity index (χ1n) is 12.5. The molecular formula is C31H31F5N2O3. The van der Waals surface area contributed by atoms with Gasteiger partial charge in [-0.25, -0.2) is 17.6 Å². The maximum Gasteiger partial charge on any atom is 0.251 e. The Labute approximate surface area is 234 Å². The molecule has 1 aromatic heterocycles. The van der Waals surface area contributed by atoms with Crippen LogP contribution in [0.25, 0.3) is 33.4 Å². The van der Waals surface area contributed by atoms with Gasteiger partial charge in [-0.15, -0.1) is 0 Å². The van der Waals surface area contributed by atoms with Crippen molar-refractivity contribution in [2.45, 2.75) is 26.3 Å². The highest BCUT2D eigenvalue weighted by atomic mass is 19.2. The highest BCUT2D eigenvalue weighted by molar-refractivity contribution is 6.13. The maximum atomic E-state index is 13.5. The minimum atomic E-state index is -2.27. The van der Waals surface area contributed by atoms with Gasteiger partial charge in [0.05, 0.1) is 12.2 Å². The van der Waals surface area contributed by atoms with Gasteiger partial charge in [0.15, 0.2) is 5.78 Å². The molecule has 0 saturated heterocycles. The standard InChI is InChI=1S/C30H27F5N2O3.CH4/c1-18(38)27-24-13-23(20-4-2-5-21(12-20)29(39)37-30(15-32,16-33)17-34)25(36-11-3-10-31)14-26(24)40-28(27)19-6-8-22(35)9-7-19;/h2,4-9,12-14,36H,3,10-11,15-17H2,1H3,(H,37,39);1H4. The molecule has 0 aliphatic heterocycles. The van der Waals surface area contributed by atoms with Crippen LogP contribution in [0.1, 0.15) is 41.5 Å². The zero-order valence-corrected chi connectivity index (χ0v) is 21.6. The molecule has 3 aromatic carbocycles. The van der Waals surface area contributed by atoms with Gasteiger partial charge in [-0.3, -0.25) is 14.0 Å². The molecule has 0 aliphatic rings. The van der Waals surface area contributed by atoms with Crippen LogP contribution < -0.4 is 10.6 Å². The van der Waals surface area contributed by atoms with Gasteiger partial charge >= 0.3 is 0 Å². The molecule has 0 saturated carbocycles. The summed E-state index contributed by atoms with van der Waals surface area (Å²) in [6.07, 6.45) is 0.218. The molecule has 41 heavy (non-hydrogen) atoms. The molecule has 0 aliphatic carbocycles. The predicted octanol–water partition coefficient (Wildman–Crippen LogP) is 7.89. The van der Waals surface area contributed by atoms with Crippen molar-refractivity contribution in [3.05, 3.63) is 77.6 Å². The van der Waals surface area contributed by atoms with E-state index in [9.17, 15) is 31.5 Å². The number of carbonyl (C=O) groups excluding carboxylic acids is 2. The first-order chi connectivity index (χ1) is 19.3. The lowest BCUT2D eigenvalue weighted by Gasteiger charge is -2.25. The second-order valence-corrected chi connectivity index (χ2v) is 9.45. The fraction of sp³-hybridized carbons (Fsp3) is 0.290. The number of rotatable bonds is 12. The highest BCUT2D eigenvalue weighted by Crippen LogP contribution is 2.40. The molecule has 0 radical (unpaired) electrons. The second kappa shape index (κ2) is 13.4. The summed E-state index contributed by atoms with van der Waals surface area (Å²) in [5.41, 5.74) is 0.401. The van der Waals surface area contributed by atoms with Gasteiger partial charge in [-0.05, 0) is 61.4 Å². The van der Waals surface area contributed by atoms with Crippen LogP contribution in [0.2, 0.25) is 0 Å². The Bertz CT molecular complexity index is 1510. The number of furan rings is 1. The van der Waals surface area contributed by atoms with E-state index in [0.717, 1.165) is 0 Å². The van der Waals surface area contributed by atoms with Gasteiger partial charge in [0.1, 0.15) is 42.7 Å². The monoisotopic (exact) mass is 574 g/mol. The van der Waals surface area contributed by atoms with E-state index < -0.39 is 44.0 Å². The quantitative estimate of drug-likeness (QED) is 0.103. The van der Waals surface area contributed by atoms with Gasteiger partial charge < -0.3 is 15.1 Å². The van der Waals surface area contributed by atoms with Gasteiger partial charge in [-0.1, -0.05) is 19.6 Å². The van der Waals surface area contributed by atoms with Crippen molar-refractivity contribution in [3.8, 4) is 22.5 Å². The van der Waals surface area contributed by atoms with Gasteiger partial charge in [-0.2, -0.15) is 0 Å². The number of carbonyl (C=O) groups is 2. The summed E-state index contributed by atoms with van der Waals surface area (Å²) in [7, 11) is 0. The van der Waals surface area contributed by atoms with E-state index in [0.29, 0.717) is 33.3 Å². The van der Waals surface area contributed by atoms with Crippen molar-refractivity contribution < 1.29 is 36.0 Å². The van der Waals surface area contributed by atoms with Crippen molar-refractivity contribution >= 4 is 28.3 Å². The Morgan fingerprint density at radius 2 is 1.59 bits per heavy atom. The Morgan fingerprint density at radius 3 is 2.20 bits per heavy atom. The minimum absolute atomic E-state index is 0. The molecule has 0 bridgehead atoms. The molecule has 5 nitrogen and oxygen atoms in total. The van der Waals surface area contributed by atoms with Crippen LogP contribution in [0.3, 0.4) is 0 Å². The number of Topliss-reactive ketones (excluding diaryl/α,β-unsaturated/α-hetero) is 1. The van der Waals surface area contributed by atoms with Crippen LogP contribution in [-0.4, -0.2) is 50.5 Å². The lowest BCUT2D eigenvalue weighted by atomic mass is 9.96. The van der Waals surface area contributed by atoms with Gasteiger partial charge in [0.2, 0.25) is 0 Å². The average molecular weight is 575 g/mol. The van der Waals surface area contributed by atoms with Crippen LogP contribution in [-0.2, 0) is 0 Å². The number of halogens is 5. The van der Waals surface area contributed by atoms with E-state index in [-0.39, 0.29) is 43.1 Å². The summed E-state index contributed by atoms with van der Waals surface area (Å²) >= 11 is 0. The molecule has 0 atom stereocenters. The molecule has 0 unspecified atom stereocenters. The van der Waals surface area contributed by atoms with E-state index in [2.05, 4.69) is 10.6 Å². The predicted molar refractivity (Wildman–Crippen MR) is 151 cm³/mol. The zero-order valence-electron chi connectivity index (χ0n) is 21.6. The fourth-order valence-corrected chi connectivity index (χ4v) is 4.32. The average Bonchev–Trinajstić information content (AvgIpc) is 3.35. The topological polar surface area (TPSA) is 71.3 Å². The smallest absolute Gasteiger partial charge is 0.251 e. The van der Waals surface area contributed by atoms with Crippen molar-refractivity contribution in [3.63, 3.8) is 0 Å². The molecule has 1 heterocycles. The Kier molecular flexibility index (Phi) is 10.3. The largest absolute Gasteiger partial charge is 0.455 e. The summed E-state index contributed by atoms with van der Waals surface area (Å²) in [5, 5.41) is 5.70. The lowest BCUT2D eigenvalue weighted by Crippen LogP contribution is -2.54. The van der Waals surface area contributed by atoms with Crippen LogP contribution in [0.4, 0.5) is 27.6 Å². The molecule has 0 fully saturated rings. The first-order valence-corrected chi connectivity index (χ1v) is 12.5. The third kappa shape index (κ3) is 6.58. The number of ketones is 1. The number of hydrogen-bond acceptors (Lipinski definition) is 4. The van der Waals surface area contributed by atoms with E-state index >= 15 is 0 Å². The Hall–Kier alpha value is -4.21. The van der Waals surface area contributed by atoms with E-state index in [1.807, 2.05) is 0 Å². The maximum absolute atomic E-state index is 13.5. The van der Waals surface area contributed by atoms with Crippen molar-refractivity contribution in [1.29, 1.82) is 0 Å². The van der Waals surface area contributed by atoms with Crippen LogP contribution in [0, 0.1) is 5.82 Å². The van der Waals surface area contributed by atoms with Crippen LogP contribution >= 0.6 is 0 Å². The normalized spacial score (nSPS) is 11.3. The van der Waals surface area contributed by atoms with Crippen molar-refractivity contribution in [1.82, 2.24) is 5.32 Å². The third-order valence-electron chi connectivity index (χ3n) is 6.49. The number of amides is 1. The Balaban J connectivity index is 0.00000462. The van der Waals surface area contributed by atoms with Crippen molar-refractivity contribution in [2.75, 3.05) is 38.6 Å². The number of fused-ring (bicyclic) bond motifs is 1. The summed E-state index contributed by atoms with van der Waals surface area (Å²) in [6.45, 7) is -3.17. The molecular weight excluding hydrogens is 543 g/mol. The van der Waals surface area contributed by atoms with Crippen LogP contribution in [0.5, 0.6) is 0 Å². The van der Waals surface area contributed by atoms with Crippen molar-refractivity contribution in [2.24, 2.45) is 0 Å². The third-order valence-corrected chi connectivity index (χ3v) is 6.49. The molecule has 0 spiro atoms. The summed E-state index contributed by atoms with van der Waals surface area (Å²) < 4.78 is 72.5. The lowest BCUT2D eigenvalue weighted by molar-refractivity contribution is 0.0810. The number of alkyl halides is 4. The number of hydrogen-bond donors (Lipinski definition) is 2. The zero-order chi connectivity index (χ0) is 28.9. The summed E-state index contributed by atoms with van der Waals surface area (Å²) in [6, 6.07) is 14.9. The van der Waals surface area contributed by atoms with E-state index in [4.69, 9.17) is 4.42 Å². The Morgan fingerprint density at radius 1 is 0.902 bits per heavy atom. The molecule has 4 rings (SSSR count). The van der Waals surface area contributed by atoms with Gasteiger partial charge in [0, 0.05) is 40.4 Å². The summed E-state index contributed by atoms with van der Waals surface area (Å²) in [4.78, 5) is 25.6. The van der Waals surface area contributed by atoms with E-state index in [1.165, 1.54) is 43.3 Å². The highest BCUT2D eigenvalue weighted by Gasteiger charge is 2.33. The number of anilines is 1. The molecule has 218 valence electrons. The number of benzene rings is 3. The van der Waals surface area contributed by atoms with Gasteiger partial charge in [0.25, 0.3) is 5.91 Å². The number of nitrogens with one attached hydrogen (secondary N) is 2. The molecule has 2 N–H and O–H groups in total. The van der Waals surface area contributed by atoms with E-state index in [1.54, 1.807) is 24.3 Å². The first kappa shape index (κ1) is 31.3. The summed E-state index contributed by atoms with van der Waals surface area (Å²) in [5.74, 6) is -1.36. The minimum Gasteiger partial charge on any atom is -0.455 e. The SMILES string of the molecule is C.CC(=O)c1c(-c2ccc(F)cc2)oc2cc(NCCCF)c(-c3cccc(C(=O)NC(CF)(CF)CF)c3)cc12. The fourth-order valence-electron chi connectivity index (χ4n) is 4.32. The van der Waals surface area contributed by atoms with Crippen LogP contribution in [0.15, 0.2) is 65.1 Å². The molecule has 4 aromatic rings. The second-order valence-electron chi connectivity index (χ2n) is 9.45.